The maximum atomic E-state index is 12.9. The second kappa shape index (κ2) is 6.23. The van der Waals surface area contributed by atoms with Gasteiger partial charge in [-0.05, 0) is 53.2 Å². The lowest BCUT2D eigenvalue weighted by Crippen LogP contribution is -2.56. The molecule has 1 heterocycles. The Labute approximate surface area is 117 Å². The molecule has 0 aromatic heterocycles. The number of carbonyl (C=O) groups is 1. The van der Waals surface area contributed by atoms with Gasteiger partial charge in [0.15, 0.2) is 0 Å². The zero-order chi connectivity index (χ0) is 13.9. The number of hydrogen-bond donors (Lipinski definition) is 1. The highest BCUT2D eigenvalue weighted by Crippen LogP contribution is 2.28. The quantitative estimate of drug-likeness (QED) is 0.819. The molecule has 1 atom stereocenters. The molecule has 0 aromatic carbocycles. The molecule has 2 rings (SSSR count). The predicted molar refractivity (Wildman–Crippen MR) is 78.2 cm³/mol. The van der Waals surface area contributed by atoms with Crippen molar-refractivity contribution < 1.29 is 4.79 Å². The van der Waals surface area contributed by atoms with E-state index in [0.29, 0.717) is 11.9 Å². The van der Waals surface area contributed by atoms with Gasteiger partial charge in [0.2, 0.25) is 5.91 Å². The topological polar surface area (TPSA) is 35.6 Å². The Balaban J connectivity index is 2.04. The summed E-state index contributed by atoms with van der Waals surface area (Å²) >= 11 is 0. The lowest BCUT2D eigenvalue weighted by molar-refractivity contribution is -0.139. The van der Waals surface area contributed by atoms with Crippen LogP contribution in [0.4, 0.5) is 0 Å². The molecule has 4 heteroatoms. The zero-order valence-corrected chi connectivity index (χ0v) is 12.7. The molecule has 0 spiro atoms. The summed E-state index contributed by atoms with van der Waals surface area (Å²) in [5.74, 6) is 0.332. The van der Waals surface area contributed by atoms with Crippen molar-refractivity contribution in [3.05, 3.63) is 0 Å². The normalized spacial score (nSPS) is 28.2. The Morgan fingerprint density at radius 2 is 1.89 bits per heavy atom. The summed E-state index contributed by atoms with van der Waals surface area (Å²) in [7, 11) is 4.15. The van der Waals surface area contributed by atoms with Crippen molar-refractivity contribution in [2.24, 2.45) is 0 Å². The first kappa shape index (κ1) is 14.8. The number of amides is 1. The highest BCUT2D eigenvalue weighted by atomic mass is 16.2. The summed E-state index contributed by atoms with van der Waals surface area (Å²) in [6, 6.07) is 0.478. The molecular weight excluding hydrogens is 238 g/mol. The Morgan fingerprint density at radius 1 is 1.21 bits per heavy atom. The molecular formula is C15H29N3O. The molecule has 2 fully saturated rings. The van der Waals surface area contributed by atoms with Gasteiger partial charge in [-0.1, -0.05) is 12.8 Å². The minimum absolute atomic E-state index is 0.311. The third-order valence-corrected chi connectivity index (χ3v) is 4.66. The fourth-order valence-electron chi connectivity index (χ4n) is 3.37. The van der Waals surface area contributed by atoms with E-state index in [1.165, 1.54) is 25.7 Å². The molecule has 2 aliphatic rings. The Hall–Kier alpha value is -0.610. The van der Waals surface area contributed by atoms with Crippen LogP contribution in [-0.2, 0) is 4.79 Å². The van der Waals surface area contributed by atoms with Crippen LogP contribution in [0.15, 0.2) is 0 Å². The van der Waals surface area contributed by atoms with E-state index in [2.05, 4.69) is 36.1 Å². The van der Waals surface area contributed by atoms with Crippen LogP contribution in [0.1, 0.15) is 45.4 Å². The second-order valence-electron chi connectivity index (χ2n) is 6.60. The molecule has 1 amide bonds. The molecule has 1 aliphatic carbocycles. The SMILES string of the molecule is CN(C)CCN(C(=O)C1(C)CCCN1)C1CCCC1. The van der Waals surface area contributed by atoms with Gasteiger partial charge in [0.05, 0.1) is 5.54 Å². The zero-order valence-electron chi connectivity index (χ0n) is 12.7. The van der Waals surface area contributed by atoms with Crippen LogP contribution in [0, 0.1) is 0 Å². The fourth-order valence-corrected chi connectivity index (χ4v) is 3.37. The van der Waals surface area contributed by atoms with Gasteiger partial charge in [0, 0.05) is 19.1 Å². The van der Waals surface area contributed by atoms with Crippen LogP contribution >= 0.6 is 0 Å². The number of likely N-dealkylation sites (N-methyl/N-ethyl adjacent to an activating group) is 1. The standard InChI is InChI=1S/C15H29N3O/c1-15(9-6-10-16-15)14(19)18(12-11-17(2)3)13-7-4-5-8-13/h13,16H,4-12H2,1-3H3. The maximum Gasteiger partial charge on any atom is 0.242 e. The molecule has 19 heavy (non-hydrogen) atoms. The van der Waals surface area contributed by atoms with Crippen molar-refractivity contribution in [3.8, 4) is 0 Å². The number of nitrogens with zero attached hydrogens (tertiary/aromatic N) is 2. The molecule has 0 bridgehead atoms. The molecule has 1 saturated carbocycles. The molecule has 0 radical (unpaired) electrons. The number of nitrogens with one attached hydrogen (secondary N) is 1. The van der Waals surface area contributed by atoms with E-state index in [4.69, 9.17) is 0 Å². The van der Waals surface area contributed by atoms with Crippen LogP contribution in [-0.4, -0.2) is 61.0 Å². The first-order valence-corrected chi connectivity index (χ1v) is 7.74. The molecule has 0 aromatic rings. The van der Waals surface area contributed by atoms with Crippen LogP contribution in [0.2, 0.25) is 0 Å². The Bertz CT molecular complexity index is 305. The van der Waals surface area contributed by atoms with Gasteiger partial charge in [-0.2, -0.15) is 0 Å². The van der Waals surface area contributed by atoms with Crippen molar-refractivity contribution in [2.45, 2.75) is 57.0 Å². The highest BCUT2D eigenvalue weighted by Gasteiger charge is 2.41. The third kappa shape index (κ3) is 3.48. The van der Waals surface area contributed by atoms with Crippen molar-refractivity contribution in [2.75, 3.05) is 33.7 Å². The first-order valence-electron chi connectivity index (χ1n) is 7.74. The van der Waals surface area contributed by atoms with Crippen molar-refractivity contribution in [1.29, 1.82) is 0 Å². The Kier molecular flexibility index (Phi) is 4.85. The van der Waals surface area contributed by atoms with Gasteiger partial charge >= 0.3 is 0 Å². The van der Waals surface area contributed by atoms with Crippen molar-refractivity contribution in [3.63, 3.8) is 0 Å². The second-order valence-corrected chi connectivity index (χ2v) is 6.60. The van der Waals surface area contributed by atoms with Gasteiger partial charge in [0.25, 0.3) is 0 Å². The minimum Gasteiger partial charge on any atom is -0.337 e. The van der Waals surface area contributed by atoms with Crippen molar-refractivity contribution in [1.82, 2.24) is 15.1 Å². The van der Waals surface area contributed by atoms with E-state index in [1.807, 2.05) is 0 Å². The number of rotatable bonds is 5. The number of carbonyl (C=O) groups excluding carboxylic acids is 1. The summed E-state index contributed by atoms with van der Waals surface area (Å²) in [6.45, 7) is 4.89. The van der Waals surface area contributed by atoms with E-state index in [1.54, 1.807) is 0 Å². The molecule has 110 valence electrons. The predicted octanol–water partition coefficient (Wildman–Crippen LogP) is 1.46. The summed E-state index contributed by atoms with van der Waals surface area (Å²) in [5, 5.41) is 3.42. The molecule has 4 nitrogen and oxygen atoms in total. The average molecular weight is 267 g/mol. The largest absolute Gasteiger partial charge is 0.337 e. The van der Waals surface area contributed by atoms with E-state index < -0.39 is 0 Å². The smallest absolute Gasteiger partial charge is 0.242 e. The molecule has 1 unspecified atom stereocenters. The summed E-state index contributed by atoms with van der Waals surface area (Å²) in [4.78, 5) is 17.2. The average Bonchev–Trinajstić information content (AvgIpc) is 3.01. The lowest BCUT2D eigenvalue weighted by atomic mass is 9.97. The van der Waals surface area contributed by atoms with Gasteiger partial charge in [-0.15, -0.1) is 0 Å². The number of hydrogen-bond acceptors (Lipinski definition) is 3. The molecule has 1 saturated heterocycles. The van der Waals surface area contributed by atoms with E-state index in [0.717, 1.165) is 32.5 Å². The van der Waals surface area contributed by atoms with Gasteiger partial charge in [-0.25, -0.2) is 0 Å². The van der Waals surface area contributed by atoms with Crippen molar-refractivity contribution >= 4 is 5.91 Å². The van der Waals surface area contributed by atoms with Crippen LogP contribution in [0.5, 0.6) is 0 Å². The highest BCUT2D eigenvalue weighted by molar-refractivity contribution is 5.86. The maximum absolute atomic E-state index is 12.9. The van der Waals surface area contributed by atoms with E-state index >= 15 is 0 Å². The van der Waals surface area contributed by atoms with Crippen LogP contribution < -0.4 is 5.32 Å². The monoisotopic (exact) mass is 267 g/mol. The fraction of sp³-hybridized carbons (Fsp3) is 0.933. The van der Waals surface area contributed by atoms with Gasteiger partial charge in [0.1, 0.15) is 0 Å². The first-order chi connectivity index (χ1) is 9.03. The molecule has 1 aliphatic heterocycles. The van der Waals surface area contributed by atoms with Crippen LogP contribution in [0.3, 0.4) is 0 Å². The summed E-state index contributed by atoms with van der Waals surface area (Å²) < 4.78 is 0. The van der Waals surface area contributed by atoms with Crippen LogP contribution in [0.25, 0.3) is 0 Å². The summed E-state index contributed by atoms with van der Waals surface area (Å²) in [6.07, 6.45) is 7.04. The van der Waals surface area contributed by atoms with Gasteiger partial charge in [-0.3, -0.25) is 4.79 Å². The van der Waals surface area contributed by atoms with E-state index in [9.17, 15) is 4.79 Å². The Morgan fingerprint density at radius 3 is 2.42 bits per heavy atom. The van der Waals surface area contributed by atoms with E-state index in [-0.39, 0.29) is 5.54 Å². The molecule has 1 N–H and O–H groups in total. The van der Waals surface area contributed by atoms with Gasteiger partial charge < -0.3 is 15.1 Å². The third-order valence-electron chi connectivity index (χ3n) is 4.66. The minimum atomic E-state index is -0.311. The summed E-state index contributed by atoms with van der Waals surface area (Å²) in [5.41, 5.74) is -0.311. The lowest BCUT2D eigenvalue weighted by Gasteiger charge is -2.36.